The highest BCUT2D eigenvalue weighted by Crippen LogP contribution is 2.45. The molecule has 0 aliphatic heterocycles. The zero-order valence-corrected chi connectivity index (χ0v) is 63.1. The normalized spacial score (nSPS) is 14.6. The molecule has 0 saturated heterocycles. The standard InChI is InChI=1S/C75H146O17P2/c1-7-11-13-15-17-19-20-21-22-23-24-25-26-27-28-29-30-36-40-47-53-59-74(79)91-70(63-86-73(78)58-52-46-39-35-32-31-34-37-43-49-55-67(5)9-3)65-89-93(81,82)87-61-69(76)62-88-94(83,84)90-66-71(64-85-72(77)57-51-45-38-33-18-16-14-12-8-2)92-75(80)60-54-48-42-41-44-50-56-68(6)10-4/h67-71,76H,7-66H2,1-6H3,(H,81,82)(H,83,84)/t67?,68?,69-,70-,71-/m1/s1. The Labute approximate surface area is 575 Å². The summed E-state index contributed by atoms with van der Waals surface area (Å²) in [7, 11) is -9.91. The van der Waals surface area contributed by atoms with Gasteiger partial charge in [0.25, 0.3) is 0 Å². The quantitative estimate of drug-likeness (QED) is 0.0222. The first-order valence-corrected chi connectivity index (χ1v) is 42.1. The number of aliphatic hydroxyl groups excluding tert-OH is 1. The minimum absolute atomic E-state index is 0.103. The Kier molecular flexibility index (Phi) is 65.5. The highest BCUT2D eigenvalue weighted by atomic mass is 31.2. The molecule has 0 amide bonds. The second-order valence-electron chi connectivity index (χ2n) is 27.5. The third-order valence-corrected chi connectivity index (χ3v) is 20.1. The summed E-state index contributed by atoms with van der Waals surface area (Å²) in [5.74, 6) is -0.593. The first kappa shape index (κ1) is 92.1. The Hall–Kier alpha value is -1.94. The minimum atomic E-state index is -4.96. The van der Waals surface area contributed by atoms with Crippen LogP contribution in [0.4, 0.5) is 0 Å². The molecule has 0 aliphatic carbocycles. The van der Waals surface area contributed by atoms with Crippen molar-refractivity contribution in [2.24, 2.45) is 11.8 Å². The van der Waals surface area contributed by atoms with E-state index in [2.05, 4.69) is 41.5 Å². The smallest absolute Gasteiger partial charge is 0.462 e. The second kappa shape index (κ2) is 66.9. The fourth-order valence-corrected chi connectivity index (χ4v) is 13.0. The maximum absolute atomic E-state index is 13.1. The largest absolute Gasteiger partial charge is 0.472 e. The molecule has 4 unspecified atom stereocenters. The molecule has 0 aromatic carbocycles. The molecule has 19 heteroatoms. The van der Waals surface area contributed by atoms with Gasteiger partial charge >= 0.3 is 39.5 Å². The number of hydrogen-bond donors (Lipinski definition) is 3. The minimum Gasteiger partial charge on any atom is -0.462 e. The summed E-state index contributed by atoms with van der Waals surface area (Å²) in [6, 6.07) is 0. The summed E-state index contributed by atoms with van der Waals surface area (Å²) in [6.07, 6.45) is 54.3. The lowest BCUT2D eigenvalue weighted by molar-refractivity contribution is -0.161. The van der Waals surface area contributed by atoms with Gasteiger partial charge in [-0.2, -0.15) is 0 Å². The molecule has 17 nitrogen and oxygen atoms in total. The number of esters is 4. The Morgan fingerprint density at radius 1 is 0.298 bits per heavy atom. The number of unbranched alkanes of at least 4 members (excludes halogenated alkanes) is 42. The van der Waals surface area contributed by atoms with Crippen LogP contribution in [0, 0.1) is 11.8 Å². The van der Waals surface area contributed by atoms with Crippen LogP contribution in [0.15, 0.2) is 0 Å². The molecule has 7 atom stereocenters. The third-order valence-electron chi connectivity index (χ3n) is 18.2. The molecule has 94 heavy (non-hydrogen) atoms. The summed E-state index contributed by atoms with van der Waals surface area (Å²) in [4.78, 5) is 72.7. The van der Waals surface area contributed by atoms with Crippen molar-refractivity contribution in [1.29, 1.82) is 0 Å². The SMILES string of the molecule is CCCCCCCCCCCCCCCCCCCCCCCC(=O)O[C@H](COC(=O)CCCCCCCCCCCCC(C)CC)COP(=O)(O)OC[C@@H](O)COP(=O)(O)OC[C@@H](COC(=O)CCCCCCCCCCC)OC(=O)CCCCCCCCC(C)CC. The average Bonchev–Trinajstić information content (AvgIpc) is 1.36. The van der Waals surface area contributed by atoms with Gasteiger partial charge in [0.2, 0.25) is 0 Å². The van der Waals surface area contributed by atoms with E-state index in [-0.39, 0.29) is 25.7 Å². The van der Waals surface area contributed by atoms with Gasteiger partial charge in [-0.15, -0.1) is 0 Å². The van der Waals surface area contributed by atoms with Crippen molar-refractivity contribution in [1.82, 2.24) is 0 Å². The van der Waals surface area contributed by atoms with E-state index in [9.17, 15) is 43.2 Å². The van der Waals surface area contributed by atoms with Gasteiger partial charge in [0.15, 0.2) is 12.2 Å². The zero-order chi connectivity index (χ0) is 69.3. The molecule has 0 aromatic heterocycles. The monoisotopic (exact) mass is 1380 g/mol. The van der Waals surface area contributed by atoms with Crippen LogP contribution in [-0.4, -0.2) is 96.7 Å². The van der Waals surface area contributed by atoms with Crippen LogP contribution in [0.2, 0.25) is 0 Å². The highest BCUT2D eigenvalue weighted by molar-refractivity contribution is 7.47. The van der Waals surface area contributed by atoms with Crippen LogP contribution in [0.3, 0.4) is 0 Å². The molecule has 0 spiro atoms. The number of hydrogen-bond acceptors (Lipinski definition) is 15. The van der Waals surface area contributed by atoms with Crippen LogP contribution in [0.1, 0.15) is 388 Å². The van der Waals surface area contributed by atoms with Crippen LogP contribution < -0.4 is 0 Å². The molecule has 0 saturated carbocycles. The van der Waals surface area contributed by atoms with Gasteiger partial charge in [-0.05, 0) is 37.5 Å². The van der Waals surface area contributed by atoms with Crippen molar-refractivity contribution in [2.45, 2.75) is 407 Å². The van der Waals surface area contributed by atoms with Gasteiger partial charge in [0, 0.05) is 25.7 Å². The van der Waals surface area contributed by atoms with Crippen molar-refractivity contribution in [3.8, 4) is 0 Å². The molecular formula is C75H146O17P2. The van der Waals surface area contributed by atoms with Gasteiger partial charge in [-0.25, -0.2) is 9.13 Å². The molecule has 0 bridgehead atoms. The maximum atomic E-state index is 13.1. The van der Waals surface area contributed by atoms with E-state index in [4.69, 9.17) is 37.0 Å². The lowest BCUT2D eigenvalue weighted by Crippen LogP contribution is -2.30. The second-order valence-corrected chi connectivity index (χ2v) is 30.4. The topological polar surface area (TPSA) is 237 Å². The van der Waals surface area contributed by atoms with E-state index in [1.807, 2.05) is 0 Å². The zero-order valence-electron chi connectivity index (χ0n) is 61.3. The lowest BCUT2D eigenvalue weighted by Gasteiger charge is -2.21. The Bertz CT molecular complexity index is 1820. The van der Waals surface area contributed by atoms with Gasteiger partial charge in [0.1, 0.15) is 19.3 Å². The number of phosphoric ester groups is 2. The summed E-state index contributed by atoms with van der Waals surface area (Å²) >= 11 is 0. The van der Waals surface area contributed by atoms with E-state index >= 15 is 0 Å². The van der Waals surface area contributed by atoms with Crippen LogP contribution in [0.25, 0.3) is 0 Å². The van der Waals surface area contributed by atoms with Crippen molar-refractivity contribution >= 4 is 39.5 Å². The first-order valence-electron chi connectivity index (χ1n) is 39.1. The molecule has 0 aromatic rings. The maximum Gasteiger partial charge on any atom is 0.472 e. The van der Waals surface area contributed by atoms with Crippen LogP contribution in [0.5, 0.6) is 0 Å². The molecule has 0 rings (SSSR count). The predicted molar refractivity (Wildman–Crippen MR) is 381 cm³/mol. The van der Waals surface area contributed by atoms with E-state index in [0.717, 1.165) is 102 Å². The van der Waals surface area contributed by atoms with E-state index in [0.29, 0.717) is 25.7 Å². The van der Waals surface area contributed by atoms with Crippen molar-refractivity contribution < 1.29 is 80.2 Å². The van der Waals surface area contributed by atoms with Gasteiger partial charge < -0.3 is 33.8 Å². The van der Waals surface area contributed by atoms with Gasteiger partial charge in [0.05, 0.1) is 26.4 Å². The number of carbonyl (C=O) groups excluding carboxylic acids is 4. The fraction of sp³-hybridized carbons (Fsp3) is 0.947. The number of ether oxygens (including phenoxy) is 4. The third kappa shape index (κ3) is 66.0. The molecular weight excluding hydrogens is 1230 g/mol. The Morgan fingerprint density at radius 2 is 0.511 bits per heavy atom. The number of carbonyl (C=O) groups is 4. The van der Waals surface area contributed by atoms with Gasteiger partial charge in [-0.1, -0.05) is 337 Å². The molecule has 558 valence electrons. The Morgan fingerprint density at radius 3 is 0.755 bits per heavy atom. The summed E-state index contributed by atoms with van der Waals surface area (Å²) in [5.41, 5.74) is 0. The molecule has 0 radical (unpaired) electrons. The highest BCUT2D eigenvalue weighted by Gasteiger charge is 2.30. The first-order chi connectivity index (χ1) is 45.4. The fourth-order valence-electron chi connectivity index (χ4n) is 11.4. The van der Waals surface area contributed by atoms with Crippen LogP contribution >= 0.6 is 15.6 Å². The summed E-state index contributed by atoms with van der Waals surface area (Å²) in [5, 5.41) is 10.6. The van der Waals surface area contributed by atoms with E-state index < -0.39 is 97.5 Å². The van der Waals surface area contributed by atoms with Gasteiger partial charge in [-0.3, -0.25) is 37.3 Å². The molecule has 3 N–H and O–H groups in total. The number of aliphatic hydroxyl groups is 1. The van der Waals surface area contributed by atoms with Crippen molar-refractivity contribution in [2.75, 3.05) is 39.6 Å². The van der Waals surface area contributed by atoms with Crippen molar-refractivity contribution in [3.63, 3.8) is 0 Å². The Balaban J connectivity index is 5.19. The lowest BCUT2D eigenvalue weighted by atomic mass is 9.99. The summed E-state index contributed by atoms with van der Waals surface area (Å²) in [6.45, 7) is 9.54. The summed E-state index contributed by atoms with van der Waals surface area (Å²) < 4.78 is 68.4. The van der Waals surface area contributed by atoms with Crippen LogP contribution in [-0.2, 0) is 65.4 Å². The van der Waals surface area contributed by atoms with Crippen molar-refractivity contribution in [3.05, 3.63) is 0 Å². The number of rotatable bonds is 74. The average molecular weight is 1380 g/mol. The molecule has 0 heterocycles. The molecule has 0 fully saturated rings. The van der Waals surface area contributed by atoms with E-state index in [1.54, 1.807) is 0 Å². The predicted octanol–water partition coefficient (Wildman–Crippen LogP) is 21.9. The number of phosphoric acid groups is 2. The molecule has 0 aliphatic rings. The van der Waals surface area contributed by atoms with E-state index in [1.165, 1.54) is 205 Å².